The Balaban J connectivity index is 2.83. The molecule has 0 radical (unpaired) electrons. The molecular weight excluding hydrogens is 194 g/mol. The summed E-state index contributed by atoms with van der Waals surface area (Å²) in [5, 5.41) is 18.4. The van der Waals surface area contributed by atoms with Gasteiger partial charge in [-0.1, -0.05) is 20.8 Å². The summed E-state index contributed by atoms with van der Waals surface area (Å²) in [5.74, 6) is 0.0121. The third kappa shape index (κ3) is 2.49. The van der Waals surface area contributed by atoms with Gasteiger partial charge in [0.05, 0.1) is 25.3 Å². The Hall–Kier alpha value is -0.610. The molecule has 1 aliphatic rings. The molecule has 2 atom stereocenters. The SMILES string of the molecule is CC(C)(C)C(=O)N1[C@H](CO)CC[C@H]1CO. The van der Waals surface area contributed by atoms with E-state index < -0.39 is 5.41 Å². The largest absolute Gasteiger partial charge is 0.394 e. The van der Waals surface area contributed by atoms with E-state index in [0.29, 0.717) is 0 Å². The van der Waals surface area contributed by atoms with Gasteiger partial charge in [0.15, 0.2) is 0 Å². The van der Waals surface area contributed by atoms with Crippen molar-refractivity contribution in [1.82, 2.24) is 4.90 Å². The first-order chi connectivity index (χ1) is 6.91. The topological polar surface area (TPSA) is 60.8 Å². The number of rotatable bonds is 2. The smallest absolute Gasteiger partial charge is 0.228 e. The number of carbonyl (C=O) groups is 1. The lowest BCUT2D eigenvalue weighted by Gasteiger charge is -2.34. The minimum atomic E-state index is -0.453. The second-order valence-corrected chi connectivity index (χ2v) is 5.21. The molecule has 0 aromatic rings. The molecule has 0 spiro atoms. The zero-order valence-corrected chi connectivity index (χ0v) is 9.73. The fourth-order valence-electron chi connectivity index (χ4n) is 2.04. The predicted molar refractivity (Wildman–Crippen MR) is 57.3 cm³/mol. The van der Waals surface area contributed by atoms with Crippen LogP contribution in [0.5, 0.6) is 0 Å². The molecule has 1 aliphatic heterocycles. The summed E-state index contributed by atoms with van der Waals surface area (Å²) >= 11 is 0. The maximum Gasteiger partial charge on any atom is 0.228 e. The highest BCUT2D eigenvalue weighted by molar-refractivity contribution is 5.82. The normalized spacial score (nSPS) is 27.1. The minimum Gasteiger partial charge on any atom is -0.394 e. The van der Waals surface area contributed by atoms with Crippen LogP contribution in [0.1, 0.15) is 33.6 Å². The van der Waals surface area contributed by atoms with Crippen LogP contribution in [0.15, 0.2) is 0 Å². The lowest BCUT2D eigenvalue weighted by molar-refractivity contribution is -0.144. The third-order valence-corrected chi connectivity index (χ3v) is 2.92. The summed E-state index contributed by atoms with van der Waals surface area (Å²) in [4.78, 5) is 13.8. The van der Waals surface area contributed by atoms with E-state index in [0.717, 1.165) is 12.8 Å². The monoisotopic (exact) mass is 215 g/mol. The van der Waals surface area contributed by atoms with Gasteiger partial charge in [0.1, 0.15) is 0 Å². The van der Waals surface area contributed by atoms with Crippen LogP contribution in [0, 0.1) is 5.41 Å². The van der Waals surface area contributed by atoms with Crippen molar-refractivity contribution in [2.45, 2.75) is 45.7 Å². The van der Waals surface area contributed by atoms with Gasteiger partial charge in [-0.15, -0.1) is 0 Å². The molecule has 4 nitrogen and oxygen atoms in total. The Morgan fingerprint density at radius 2 is 1.60 bits per heavy atom. The molecule has 1 rings (SSSR count). The van der Waals surface area contributed by atoms with Crippen LogP contribution in [-0.4, -0.2) is 46.3 Å². The Kier molecular flexibility index (Phi) is 3.73. The molecule has 4 heteroatoms. The molecule has 88 valence electrons. The number of nitrogens with zero attached hydrogens (tertiary/aromatic N) is 1. The lowest BCUT2D eigenvalue weighted by Crippen LogP contribution is -2.49. The van der Waals surface area contributed by atoms with Crippen molar-refractivity contribution >= 4 is 5.91 Å². The van der Waals surface area contributed by atoms with Crippen molar-refractivity contribution in [1.29, 1.82) is 0 Å². The van der Waals surface area contributed by atoms with E-state index >= 15 is 0 Å². The number of hydrogen-bond acceptors (Lipinski definition) is 3. The van der Waals surface area contributed by atoms with E-state index in [1.54, 1.807) is 4.90 Å². The van der Waals surface area contributed by atoms with Crippen molar-refractivity contribution in [3.05, 3.63) is 0 Å². The van der Waals surface area contributed by atoms with Crippen LogP contribution in [0.25, 0.3) is 0 Å². The van der Waals surface area contributed by atoms with Gasteiger partial charge in [0.25, 0.3) is 0 Å². The molecule has 0 aromatic heterocycles. The molecule has 1 amide bonds. The minimum absolute atomic E-state index is 0.0121. The second-order valence-electron chi connectivity index (χ2n) is 5.21. The van der Waals surface area contributed by atoms with Crippen molar-refractivity contribution < 1.29 is 15.0 Å². The number of likely N-dealkylation sites (tertiary alicyclic amines) is 1. The van der Waals surface area contributed by atoms with E-state index in [-0.39, 0.29) is 31.2 Å². The number of carbonyl (C=O) groups excluding carboxylic acids is 1. The molecule has 0 unspecified atom stereocenters. The summed E-state index contributed by atoms with van der Waals surface area (Å²) in [6.45, 7) is 5.54. The quantitative estimate of drug-likeness (QED) is 0.700. The molecule has 1 fully saturated rings. The number of aliphatic hydroxyl groups excluding tert-OH is 2. The highest BCUT2D eigenvalue weighted by Gasteiger charge is 2.40. The van der Waals surface area contributed by atoms with Gasteiger partial charge in [-0.2, -0.15) is 0 Å². The van der Waals surface area contributed by atoms with E-state index in [1.807, 2.05) is 20.8 Å². The van der Waals surface area contributed by atoms with Crippen LogP contribution in [0.3, 0.4) is 0 Å². The lowest BCUT2D eigenvalue weighted by atomic mass is 9.94. The van der Waals surface area contributed by atoms with Gasteiger partial charge in [-0.05, 0) is 12.8 Å². The van der Waals surface area contributed by atoms with E-state index in [2.05, 4.69) is 0 Å². The molecule has 1 heterocycles. The van der Waals surface area contributed by atoms with Crippen LogP contribution in [0.2, 0.25) is 0 Å². The summed E-state index contributed by atoms with van der Waals surface area (Å²) in [5.41, 5.74) is -0.453. The summed E-state index contributed by atoms with van der Waals surface area (Å²) in [7, 11) is 0. The Morgan fingerprint density at radius 3 is 1.87 bits per heavy atom. The van der Waals surface area contributed by atoms with Gasteiger partial charge in [0, 0.05) is 5.41 Å². The molecule has 15 heavy (non-hydrogen) atoms. The zero-order valence-electron chi connectivity index (χ0n) is 9.73. The predicted octanol–water partition coefficient (Wildman–Crippen LogP) is 0.377. The Labute approximate surface area is 90.9 Å². The summed E-state index contributed by atoms with van der Waals surface area (Å²) in [6, 6.07) is -0.234. The van der Waals surface area contributed by atoms with Crippen molar-refractivity contribution in [2.75, 3.05) is 13.2 Å². The Bertz CT molecular complexity index is 222. The van der Waals surface area contributed by atoms with Crippen LogP contribution >= 0.6 is 0 Å². The van der Waals surface area contributed by atoms with E-state index in [9.17, 15) is 15.0 Å². The van der Waals surface area contributed by atoms with E-state index in [1.165, 1.54) is 0 Å². The van der Waals surface area contributed by atoms with Crippen LogP contribution < -0.4 is 0 Å². The standard InChI is InChI=1S/C11H21NO3/c1-11(2,3)10(15)12-8(6-13)4-5-9(12)7-14/h8-9,13-14H,4-7H2,1-3H3/t8-,9-/m0/s1. The van der Waals surface area contributed by atoms with Crippen LogP contribution in [0.4, 0.5) is 0 Å². The maximum absolute atomic E-state index is 12.1. The molecule has 2 N–H and O–H groups in total. The third-order valence-electron chi connectivity index (χ3n) is 2.92. The molecule has 0 bridgehead atoms. The fourth-order valence-corrected chi connectivity index (χ4v) is 2.04. The highest BCUT2D eigenvalue weighted by Crippen LogP contribution is 2.29. The zero-order chi connectivity index (χ0) is 11.6. The molecular formula is C11H21NO3. The number of aliphatic hydroxyl groups is 2. The van der Waals surface area contributed by atoms with E-state index in [4.69, 9.17) is 0 Å². The van der Waals surface area contributed by atoms with Gasteiger partial charge in [-0.3, -0.25) is 4.79 Å². The van der Waals surface area contributed by atoms with Crippen molar-refractivity contribution in [2.24, 2.45) is 5.41 Å². The molecule has 0 saturated carbocycles. The molecule has 0 aliphatic carbocycles. The first-order valence-corrected chi connectivity index (χ1v) is 5.46. The molecule has 0 aromatic carbocycles. The summed E-state index contributed by atoms with van der Waals surface area (Å²) in [6.07, 6.45) is 1.56. The second kappa shape index (κ2) is 4.49. The molecule has 1 saturated heterocycles. The van der Waals surface area contributed by atoms with Crippen molar-refractivity contribution in [3.63, 3.8) is 0 Å². The average Bonchev–Trinajstić information content (AvgIpc) is 2.57. The van der Waals surface area contributed by atoms with Crippen LogP contribution in [-0.2, 0) is 4.79 Å². The highest BCUT2D eigenvalue weighted by atomic mass is 16.3. The Morgan fingerprint density at radius 1 is 1.20 bits per heavy atom. The summed E-state index contributed by atoms with van der Waals surface area (Å²) < 4.78 is 0. The first-order valence-electron chi connectivity index (χ1n) is 5.46. The number of amides is 1. The fraction of sp³-hybridized carbons (Fsp3) is 0.909. The van der Waals surface area contributed by atoms with Gasteiger partial charge in [0.2, 0.25) is 5.91 Å². The number of hydrogen-bond donors (Lipinski definition) is 2. The van der Waals surface area contributed by atoms with Gasteiger partial charge in [-0.25, -0.2) is 0 Å². The maximum atomic E-state index is 12.1. The van der Waals surface area contributed by atoms with Gasteiger partial charge < -0.3 is 15.1 Å². The van der Waals surface area contributed by atoms with Crippen molar-refractivity contribution in [3.8, 4) is 0 Å². The first kappa shape index (κ1) is 12.5. The average molecular weight is 215 g/mol. The van der Waals surface area contributed by atoms with Gasteiger partial charge >= 0.3 is 0 Å².